The van der Waals surface area contributed by atoms with Gasteiger partial charge in [-0.05, 0) is 31.7 Å². The van der Waals surface area contributed by atoms with Gasteiger partial charge in [-0.1, -0.05) is 0 Å². The summed E-state index contributed by atoms with van der Waals surface area (Å²) in [5.74, 6) is -0.833. The van der Waals surface area contributed by atoms with Crippen molar-refractivity contribution in [1.29, 1.82) is 0 Å². The van der Waals surface area contributed by atoms with Crippen LogP contribution < -0.4 is 0 Å². The maximum atomic E-state index is 9.00. The number of hydrogen-bond acceptors (Lipinski definition) is 1. The quantitative estimate of drug-likeness (QED) is 0.366. The van der Waals surface area contributed by atoms with E-state index in [2.05, 4.69) is 89.7 Å². The van der Waals surface area contributed by atoms with E-state index in [9.17, 15) is 0 Å². The zero-order valence-electron chi connectivity index (χ0n) is 17.1. The summed E-state index contributed by atoms with van der Waals surface area (Å²) < 4.78 is 0. The van der Waals surface area contributed by atoms with Crippen LogP contribution in [0.25, 0.3) is 0 Å². The molecule has 0 radical (unpaired) electrons. The number of hydrogen-bond donors (Lipinski definition) is 1. The van der Waals surface area contributed by atoms with Crippen LogP contribution in [0.1, 0.15) is 6.92 Å². The molecular weight excluding hydrogens is 461 g/mol. The molecule has 0 aromatic rings. The molecule has 0 fully saturated rings. The van der Waals surface area contributed by atoms with Gasteiger partial charge in [-0.3, -0.25) is 4.79 Å². The minimum atomic E-state index is -0.833. The average Bonchev–Trinajstić information content (AvgIpc) is 2.14. The van der Waals surface area contributed by atoms with Crippen molar-refractivity contribution >= 4 is 47.3 Å². The first-order chi connectivity index (χ1) is 9.66. The Morgan fingerprint density at radius 1 is 0.636 bits per heavy atom. The number of carboxylic acids is 1. The molecule has 0 spiro atoms. The fourth-order valence-electron chi connectivity index (χ4n) is 0. The van der Waals surface area contributed by atoms with E-state index in [1.807, 2.05) is 17.3 Å². The standard InChI is InChI=1S/4C3H9P.C2H4O2.ClH.Ru/c4*1-4(2)3;1-2(3)4;;/h4*1-3H3;1H3,(H,3,4);1H;/q;;;;;;+1/p+3. The average molecular weight is 505 g/mol. The molecule has 0 amide bonds. The van der Waals surface area contributed by atoms with Crippen LogP contribution in [-0.4, -0.2) is 91.1 Å². The maximum absolute atomic E-state index is 9.00. The van der Waals surface area contributed by atoms with Crippen LogP contribution >= 0.6 is 41.4 Å². The molecule has 0 saturated carbocycles. The van der Waals surface area contributed by atoms with Crippen LogP contribution in [0, 0.1) is 0 Å². The van der Waals surface area contributed by atoms with Gasteiger partial charge in [0.2, 0.25) is 0 Å². The Morgan fingerprint density at radius 2 is 0.636 bits per heavy atom. The fourth-order valence-corrected chi connectivity index (χ4v) is 0. The summed E-state index contributed by atoms with van der Waals surface area (Å²) in [6, 6.07) is 0. The van der Waals surface area contributed by atoms with Gasteiger partial charge >= 0.3 is 27.0 Å². The third-order valence-electron chi connectivity index (χ3n) is 0. The van der Waals surface area contributed by atoms with Crippen LogP contribution in [0.15, 0.2) is 0 Å². The summed E-state index contributed by atoms with van der Waals surface area (Å²) in [6.07, 6.45) is 0. The first-order valence-corrected chi connectivity index (χ1v) is 21.3. The van der Waals surface area contributed by atoms with E-state index in [0.717, 1.165) is 6.92 Å². The van der Waals surface area contributed by atoms with Crippen molar-refractivity contribution in [2.45, 2.75) is 6.92 Å². The van der Waals surface area contributed by atoms with E-state index in [-0.39, 0.29) is 31.7 Å². The van der Waals surface area contributed by atoms with Crippen LogP contribution in [0.5, 0.6) is 0 Å². The summed E-state index contributed by atoms with van der Waals surface area (Å²) in [4.78, 5) is 9.00. The number of carboxylic acid groups (broad SMARTS) is 1. The van der Waals surface area contributed by atoms with Gasteiger partial charge in [0.25, 0.3) is 5.97 Å². The van der Waals surface area contributed by atoms with Gasteiger partial charge in [-0.2, -0.15) is 0 Å². The van der Waals surface area contributed by atoms with E-state index in [0.29, 0.717) is 0 Å². The molecule has 0 aliphatic carbocycles. The Balaban J connectivity index is -0.0000000353. The van der Waals surface area contributed by atoms with Gasteiger partial charge in [0.15, 0.2) is 0 Å². The molecule has 0 bridgehead atoms. The molecule has 0 aromatic carbocycles. The molecule has 0 rings (SSSR count). The molecule has 0 unspecified atom stereocenters. The molecule has 2 nitrogen and oxygen atoms in total. The van der Waals surface area contributed by atoms with Crippen molar-refractivity contribution in [1.82, 2.24) is 0 Å². The molecule has 1 N–H and O–H groups in total. The number of rotatable bonds is 0. The van der Waals surface area contributed by atoms with Gasteiger partial charge in [0.1, 0.15) is 0 Å². The second kappa shape index (κ2) is 38.6. The van der Waals surface area contributed by atoms with E-state index >= 15 is 0 Å². The predicted molar refractivity (Wildman–Crippen MR) is 124 cm³/mol. The van der Waals surface area contributed by atoms with Gasteiger partial charge in [0.05, 0.1) is 0 Å². The van der Waals surface area contributed by atoms with Crippen molar-refractivity contribution in [3.05, 3.63) is 0 Å². The summed E-state index contributed by atoms with van der Waals surface area (Å²) >= 11 is 1.82. The third-order valence-corrected chi connectivity index (χ3v) is 0. The molecule has 0 aliphatic heterocycles. The van der Waals surface area contributed by atoms with E-state index in [1.165, 1.54) is 0 Å². The van der Waals surface area contributed by atoms with Gasteiger partial charge in [-0.25, -0.2) is 0 Å². The molecular formula is C14H44ClO2P4Ru+4. The van der Waals surface area contributed by atoms with Crippen molar-refractivity contribution in [2.75, 3.05) is 80.0 Å². The van der Waals surface area contributed by atoms with Crippen molar-refractivity contribution < 1.29 is 27.2 Å². The molecule has 143 valence electrons. The normalized spacial score (nSPS) is 7.95. The first-order valence-electron chi connectivity index (χ1n) is 7.06. The zero-order valence-corrected chi connectivity index (χ0v) is 23.6. The molecule has 22 heavy (non-hydrogen) atoms. The van der Waals surface area contributed by atoms with Crippen LogP contribution in [0.2, 0.25) is 0 Å². The molecule has 0 saturated heterocycles. The van der Waals surface area contributed by atoms with Gasteiger partial charge in [-0.15, -0.1) is 0 Å². The predicted octanol–water partition coefficient (Wildman–Crippen LogP) is 5.14. The summed E-state index contributed by atoms with van der Waals surface area (Å²) in [7, 11) is 5.05. The van der Waals surface area contributed by atoms with Crippen molar-refractivity contribution in [3.63, 3.8) is 0 Å². The van der Waals surface area contributed by atoms with E-state index in [4.69, 9.17) is 9.90 Å². The number of carbonyl (C=O) groups is 1. The van der Waals surface area contributed by atoms with Gasteiger partial charge in [0, 0.05) is 86.9 Å². The molecule has 0 atom stereocenters. The fraction of sp³-hybridized carbons (Fsp3) is 0.929. The Bertz CT molecular complexity index is 134. The molecule has 0 aliphatic rings. The Hall–Kier alpha value is 2.10. The molecule has 0 aromatic heterocycles. The van der Waals surface area contributed by atoms with E-state index in [1.54, 1.807) is 0 Å². The topological polar surface area (TPSA) is 37.3 Å². The monoisotopic (exact) mass is 505 g/mol. The second-order valence-corrected chi connectivity index (χ2v) is 18.5. The summed E-state index contributed by atoms with van der Waals surface area (Å²) in [6.45, 7) is 28.3. The van der Waals surface area contributed by atoms with E-state index < -0.39 is 5.97 Å². The molecule has 0 heterocycles. The summed E-state index contributed by atoms with van der Waals surface area (Å²) in [5, 5.41) is 7.42. The second-order valence-electron chi connectivity index (χ2n) is 6.52. The Morgan fingerprint density at radius 3 is 0.636 bits per heavy atom. The Labute approximate surface area is 161 Å². The van der Waals surface area contributed by atoms with Crippen LogP contribution in [-0.2, 0) is 22.1 Å². The third kappa shape index (κ3) is 2220. The molecule has 8 heteroatoms. The van der Waals surface area contributed by atoms with Crippen molar-refractivity contribution in [2.24, 2.45) is 0 Å². The number of aliphatic carboxylic acids is 1. The zero-order chi connectivity index (χ0) is 19.9. The van der Waals surface area contributed by atoms with Gasteiger partial charge < -0.3 is 5.11 Å². The first kappa shape index (κ1) is 39.3. The minimum absolute atomic E-state index is 0.120. The number of halogens is 1. The summed E-state index contributed by atoms with van der Waals surface area (Å²) in [5.41, 5.74) is 0. The Kier molecular flexibility index (Phi) is 68.9. The van der Waals surface area contributed by atoms with Crippen LogP contribution in [0.3, 0.4) is 0 Å². The van der Waals surface area contributed by atoms with Crippen molar-refractivity contribution in [3.8, 4) is 0 Å². The van der Waals surface area contributed by atoms with Crippen LogP contribution in [0.4, 0.5) is 0 Å². The SMILES string of the molecule is CC(=O)O.C[PH+](C)C.C[PH+](C)C.C[PH+](C)C.C[PH+](C)C.[Cl][Ru].